The summed E-state index contributed by atoms with van der Waals surface area (Å²) in [5, 5.41) is 18.0. The van der Waals surface area contributed by atoms with E-state index in [9.17, 15) is 14.7 Å². The molecule has 1 amide bonds. The highest BCUT2D eigenvalue weighted by Gasteiger charge is 2.29. The fraction of sp³-hybridized carbons (Fsp3) is 0.579. The van der Waals surface area contributed by atoms with Crippen LogP contribution < -0.4 is 0 Å². The molecule has 1 fully saturated rings. The molecule has 27 heavy (non-hydrogen) atoms. The Labute approximate surface area is 158 Å². The van der Waals surface area contributed by atoms with Crippen molar-refractivity contribution in [1.29, 1.82) is 0 Å². The van der Waals surface area contributed by atoms with Gasteiger partial charge in [-0.25, -0.2) is 4.79 Å². The van der Waals surface area contributed by atoms with Crippen LogP contribution in [0.2, 0.25) is 0 Å². The van der Waals surface area contributed by atoms with E-state index in [2.05, 4.69) is 17.1 Å². The van der Waals surface area contributed by atoms with Crippen molar-refractivity contribution in [2.45, 2.75) is 59.5 Å². The Morgan fingerprint density at radius 1 is 1.19 bits per heavy atom. The molecule has 0 atom stereocenters. The lowest BCUT2D eigenvalue weighted by atomic mass is 10.0. The molecule has 8 heteroatoms. The van der Waals surface area contributed by atoms with Crippen molar-refractivity contribution in [2.24, 2.45) is 0 Å². The van der Waals surface area contributed by atoms with Gasteiger partial charge < -0.3 is 10.0 Å². The third kappa shape index (κ3) is 3.48. The van der Waals surface area contributed by atoms with Crippen LogP contribution in [-0.2, 0) is 6.54 Å². The van der Waals surface area contributed by atoms with Crippen molar-refractivity contribution in [3.8, 4) is 0 Å². The maximum atomic E-state index is 13.0. The van der Waals surface area contributed by atoms with Gasteiger partial charge in [-0.05, 0) is 40.0 Å². The molecule has 1 N–H and O–H groups in total. The maximum Gasteiger partial charge on any atom is 0.339 e. The normalized spacial score (nSPS) is 15.3. The molecule has 0 aliphatic carbocycles. The van der Waals surface area contributed by atoms with Gasteiger partial charge in [0.25, 0.3) is 5.91 Å². The first-order chi connectivity index (χ1) is 12.8. The third-order valence-corrected chi connectivity index (χ3v) is 5.40. The molecule has 8 nitrogen and oxygen atoms in total. The lowest BCUT2D eigenvalue weighted by Gasteiger charge is -2.32. The summed E-state index contributed by atoms with van der Waals surface area (Å²) in [4.78, 5) is 26.1. The van der Waals surface area contributed by atoms with E-state index in [1.54, 1.807) is 11.6 Å². The van der Waals surface area contributed by atoms with E-state index in [0.29, 0.717) is 24.3 Å². The van der Waals surface area contributed by atoms with E-state index in [1.165, 1.54) is 6.20 Å². The average Bonchev–Trinajstić information content (AvgIpc) is 3.15. The number of hydrogen-bond acceptors (Lipinski definition) is 4. The molecule has 0 aromatic carbocycles. The van der Waals surface area contributed by atoms with Crippen molar-refractivity contribution in [3.05, 3.63) is 34.4 Å². The summed E-state index contributed by atoms with van der Waals surface area (Å²) in [6.45, 7) is 9.78. The molecule has 1 saturated heterocycles. The minimum Gasteiger partial charge on any atom is -0.478 e. The van der Waals surface area contributed by atoms with Crippen LogP contribution in [0.25, 0.3) is 0 Å². The third-order valence-electron chi connectivity index (χ3n) is 5.40. The number of aromatic carboxylic acids is 1. The molecule has 3 heterocycles. The summed E-state index contributed by atoms with van der Waals surface area (Å²) in [5.74, 6) is -0.921. The monoisotopic (exact) mass is 373 g/mol. The van der Waals surface area contributed by atoms with Crippen molar-refractivity contribution < 1.29 is 14.7 Å². The van der Waals surface area contributed by atoms with Crippen molar-refractivity contribution >= 4 is 11.9 Å². The van der Waals surface area contributed by atoms with Crippen LogP contribution in [0, 0.1) is 20.8 Å². The predicted molar refractivity (Wildman–Crippen MR) is 100 cm³/mol. The molecular formula is C19H27N5O3. The van der Waals surface area contributed by atoms with Gasteiger partial charge in [-0.2, -0.15) is 10.2 Å². The molecule has 2 aromatic heterocycles. The Bertz CT molecular complexity index is 859. The lowest BCUT2D eigenvalue weighted by molar-refractivity contribution is 0.0686. The molecular weight excluding hydrogens is 346 g/mol. The number of carbonyl (C=O) groups excluding carboxylic acids is 1. The smallest absolute Gasteiger partial charge is 0.339 e. The van der Waals surface area contributed by atoms with Gasteiger partial charge in [-0.1, -0.05) is 6.92 Å². The number of rotatable bonds is 5. The Hall–Kier alpha value is -2.64. The number of carboxylic acid groups (broad SMARTS) is 1. The second-order valence-corrected chi connectivity index (χ2v) is 7.19. The minimum atomic E-state index is -0.957. The Morgan fingerprint density at radius 2 is 1.85 bits per heavy atom. The molecule has 1 aliphatic heterocycles. The van der Waals surface area contributed by atoms with Gasteiger partial charge in [0, 0.05) is 25.3 Å². The van der Waals surface area contributed by atoms with Crippen molar-refractivity contribution in [1.82, 2.24) is 24.5 Å². The molecule has 0 unspecified atom stereocenters. The van der Waals surface area contributed by atoms with Crippen molar-refractivity contribution in [3.63, 3.8) is 0 Å². The molecule has 2 aromatic rings. The Morgan fingerprint density at radius 3 is 2.41 bits per heavy atom. The Kier molecular flexibility index (Phi) is 5.34. The zero-order valence-corrected chi connectivity index (χ0v) is 16.4. The van der Waals surface area contributed by atoms with E-state index >= 15 is 0 Å². The highest BCUT2D eigenvalue weighted by atomic mass is 16.4. The molecule has 146 valence electrons. The van der Waals surface area contributed by atoms with E-state index in [1.807, 2.05) is 23.4 Å². The summed E-state index contributed by atoms with van der Waals surface area (Å²) in [5.41, 5.74) is 3.32. The van der Waals surface area contributed by atoms with E-state index in [-0.39, 0.29) is 17.5 Å². The molecule has 0 spiro atoms. The Balaban J connectivity index is 1.71. The zero-order chi connectivity index (χ0) is 19.7. The largest absolute Gasteiger partial charge is 0.478 e. The van der Waals surface area contributed by atoms with Crippen LogP contribution >= 0.6 is 0 Å². The minimum absolute atomic E-state index is 0.0363. The fourth-order valence-electron chi connectivity index (χ4n) is 3.91. The van der Waals surface area contributed by atoms with Crippen LogP contribution in [0.1, 0.15) is 70.0 Å². The highest BCUT2D eigenvalue weighted by Crippen LogP contribution is 2.26. The molecule has 3 rings (SSSR count). The predicted octanol–water partition coefficient (Wildman–Crippen LogP) is 2.59. The number of carbonyl (C=O) groups is 2. The standard InChI is InChI=1S/C19H27N5O3/c1-5-8-23-14(4)17(12(2)21-23)18(25)22-9-6-15(7-10-22)24-13(3)16(11-20-24)19(26)27/h11,15H,5-10H2,1-4H3,(H,26,27). The summed E-state index contributed by atoms with van der Waals surface area (Å²) in [6, 6.07) is 0.118. The number of carboxylic acids is 1. The van der Waals surface area contributed by atoms with Gasteiger partial charge in [-0.15, -0.1) is 0 Å². The van der Waals surface area contributed by atoms with Crippen LogP contribution in [0.3, 0.4) is 0 Å². The number of nitrogens with zero attached hydrogens (tertiary/aromatic N) is 5. The second kappa shape index (κ2) is 7.54. The first kappa shape index (κ1) is 19.1. The molecule has 0 saturated carbocycles. The first-order valence-corrected chi connectivity index (χ1v) is 9.45. The fourth-order valence-corrected chi connectivity index (χ4v) is 3.91. The topological polar surface area (TPSA) is 93.3 Å². The van der Waals surface area contributed by atoms with E-state index in [0.717, 1.165) is 37.2 Å². The highest BCUT2D eigenvalue weighted by molar-refractivity contribution is 5.96. The molecule has 1 aliphatic rings. The summed E-state index contributed by atoms with van der Waals surface area (Å²) < 4.78 is 3.71. The van der Waals surface area contributed by atoms with Crippen LogP contribution in [-0.4, -0.2) is 54.5 Å². The first-order valence-electron chi connectivity index (χ1n) is 9.45. The summed E-state index contributed by atoms with van der Waals surface area (Å²) in [6.07, 6.45) is 3.90. The van der Waals surface area contributed by atoms with Crippen LogP contribution in [0.5, 0.6) is 0 Å². The van der Waals surface area contributed by atoms with Gasteiger partial charge in [0.15, 0.2) is 0 Å². The SMILES string of the molecule is CCCn1nc(C)c(C(=O)N2CCC(n3ncc(C(=O)O)c3C)CC2)c1C. The van der Waals surface area contributed by atoms with Gasteiger partial charge in [0.1, 0.15) is 5.56 Å². The average molecular weight is 373 g/mol. The number of amides is 1. The van der Waals surface area contributed by atoms with Gasteiger partial charge >= 0.3 is 5.97 Å². The summed E-state index contributed by atoms with van der Waals surface area (Å²) >= 11 is 0. The van der Waals surface area contributed by atoms with Gasteiger partial charge in [-0.3, -0.25) is 14.2 Å². The van der Waals surface area contributed by atoms with E-state index in [4.69, 9.17) is 0 Å². The lowest BCUT2D eigenvalue weighted by Crippen LogP contribution is -2.39. The second-order valence-electron chi connectivity index (χ2n) is 7.19. The summed E-state index contributed by atoms with van der Waals surface area (Å²) in [7, 11) is 0. The number of piperidine rings is 1. The number of likely N-dealkylation sites (tertiary alicyclic amines) is 1. The van der Waals surface area contributed by atoms with E-state index < -0.39 is 5.97 Å². The van der Waals surface area contributed by atoms with Crippen LogP contribution in [0.4, 0.5) is 0 Å². The van der Waals surface area contributed by atoms with Gasteiger partial charge in [0.05, 0.1) is 29.2 Å². The van der Waals surface area contributed by atoms with Crippen LogP contribution in [0.15, 0.2) is 6.20 Å². The molecule has 0 radical (unpaired) electrons. The quantitative estimate of drug-likeness (QED) is 0.869. The van der Waals surface area contributed by atoms with Gasteiger partial charge in [0.2, 0.25) is 0 Å². The maximum absolute atomic E-state index is 13.0. The number of hydrogen-bond donors (Lipinski definition) is 1. The molecule has 0 bridgehead atoms. The van der Waals surface area contributed by atoms with Crippen molar-refractivity contribution in [2.75, 3.05) is 13.1 Å². The number of aromatic nitrogens is 4. The number of aryl methyl sites for hydroxylation is 2. The zero-order valence-electron chi connectivity index (χ0n) is 16.4.